The van der Waals surface area contributed by atoms with Gasteiger partial charge in [0, 0.05) is 13.1 Å². The van der Waals surface area contributed by atoms with E-state index in [1.54, 1.807) is 22.0 Å². The van der Waals surface area contributed by atoms with Crippen molar-refractivity contribution in [3.8, 4) is 5.75 Å². The molecule has 2 saturated heterocycles. The number of nitrogens with zero attached hydrogens (tertiary/aromatic N) is 2. The SMILES string of the molecule is CN1N[C@@H](c2ccc(O)cc2)[C@H]2C(=O)N(C3CCCCC3)C(=O)[C@H]21. The number of aromatic hydroxyl groups is 1. The van der Waals surface area contributed by atoms with Gasteiger partial charge in [-0.1, -0.05) is 31.4 Å². The average Bonchev–Trinajstić information content (AvgIpc) is 3.06. The van der Waals surface area contributed by atoms with Gasteiger partial charge in [0.25, 0.3) is 0 Å². The molecule has 128 valence electrons. The van der Waals surface area contributed by atoms with Crippen molar-refractivity contribution < 1.29 is 14.7 Å². The van der Waals surface area contributed by atoms with Gasteiger partial charge in [-0.05, 0) is 30.5 Å². The molecule has 2 N–H and O–H groups in total. The normalized spacial score (nSPS) is 31.7. The highest BCUT2D eigenvalue weighted by Gasteiger charge is 2.58. The molecule has 3 fully saturated rings. The summed E-state index contributed by atoms with van der Waals surface area (Å²) in [6.45, 7) is 0. The van der Waals surface area contributed by atoms with Crippen LogP contribution in [0.4, 0.5) is 0 Å². The Morgan fingerprint density at radius 3 is 2.38 bits per heavy atom. The van der Waals surface area contributed by atoms with Gasteiger partial charge in [-0.25, -0.2) is 10.4 Å². The van der Waals surface area contributed by atoms with E-state index >= 15 is 0 Å². The molecule has 2 heterocycles. The van der Waals surface area contributed by atoms with Gasteiger partial charge >= 0.3 is 0 Å². The summed E-state index contributed by atoms with van der Waals surface area (Å²) in [5.41, 5.74) is 4.17. The lowest BCUT2D eigenvalue weighted by atomic mass is 9.90. The Kier molecular flexibility index (Phi) is 3.81. The van der Waals surface area contributed by atoms with Gasteiger partial charge < -0.3 is 5.11 Å². The van der Waals surface area contributed by atoms with Crippen molar-refractivity contribution in [3.63, 3.8) is 0 Å². The molecule has 4 rings (SSSR count). The number of benzene rings is 1. The third-order valence-corrected chi connectivity index (χ3v) is 5.66. The average molecular weight is 329 g/mol. The van der Waals surface area contributed by atoms with E-state index < -0.39 is 12.0 Å². The second-order valence-electron chi connectivity index (χ2n) is 7.12. The van der Waals surface area contributed by atoms with Gasteiger partial charge in [0.1, 0.15) is 11.8 Å². The summed E-state index contributed by atoms with van der Waals surface area (Å²) in [5.74, 6) is -0.312. The third kappa shape index (κ3) is 2.32. The molecule has 0 spiro atoms. The molecule has 0 unspecified atom stereocenters. The molecule has 2 aliphatic heterocycles. The van der Waals surface area contributed by atoms with Crippen LogP contribution in [0.1, 0.15) is 43.7 Å². The monoisotopic (exact) mass is 329 g/mol. The molecule has 1 saturated carbocycles. The van der Waals surface area contributed by atoms with Gasteiger partial charge in [0.2, 0.25) is 11.8 Å². The van der Waals surface area contributed by atoms with Crippen molar-refractivity contribution in [2.24, 2.45) is 5.92 Å². The van der Waals surface area contributed by atoms with Crippen molar-refractivity contribution in [1.29, 1.82) is 0 Å². The molecule has 3 aliphatic rings. The van der Waals surface area contributed by atoms with Crippen LogP contribution in [0, 0.1) is 5.92 Å². The fraction of sp³-hybridized carbons (Fsp3) is 0.556. The van der Waals surface area contributed by atoms with Crippen LogP contribution < -0.4 is 5.43 Å². The quantitative estimate of drug-likeness (QED) is 0.806. The third-order valence-electron chi connectivity index (χ3n) is 5.66. The van der Waals surface area contributed by atoms with Crippen molar-refractivity contribution in [3.05, 3.63) is 29.8 Å². The Hall–Kier alpha value is -1.92. The van der Waals surface area contributed by atoms with Crippen LogP contribution in [0.3, 0.4) is 0 Å². The Bertz CT molecular complexity index is 654. The number of nitrogens with one attached hydrogen (secondary N) is 1. The maximum Gasteiger partial charge on any atom is 0.249 e. The van der Waals surface area contributed by atoms with E-state index in [0.29, 0.717) is 0 Å². The molecule has 1 aromatic carbocycles. The summed E-state index contributed by atoms with van der Waals surface area (Å²) >= 11 is 0. The van der Waals surface area contributed by atoms with Gasteiger partial charge in [-0.3, -0.25) is 14.5 Å². The van der Waals surface area contributed by atoms with Gasteiger partial charge in [0.15, 0.2) is 0 Å². The summed E-state index contributed by atoms with van der Waals surface area (Å²) in [5, 5.41) is 11.3. The second-order valence-corrected chi connectivity index (χ2v) is 7.12. The number of carbonyl (C=O) groups is 2. The smallest absolute Gasteiger partial charge is 0.249 e. The first-order valence-corrected chi connectivity index (χ1v) is 8.73. The van der Waals surface area contributed by atoms with Crippen molar-refractivity contribution in [1.82, 2.24) is 15.3 Å². The molecule has 6 heteroatoms. The minimum Gasteiger partial charge on any atom is -0.508 e. The molecule has 1 aliphatic carbocycles. The number of imide groups is 1. The predicted octanol–water partition coefficient (Wildman–Crippen LogP) is 1.57. The zero-order valence-electron chi connectivity index (χ0n) is 13.8. The number of amides is 2. The van der Waals surface area contributed by atoms with Gasteiger partial charge in [-0.15, -0.1) is 0 Å². The van der Waals surface area contributed by atoms with Crippen LogP contribution in [-0.4, -0.2) is 46.0 Å². The highest BCUT2D eigenvalue weighted by atomic mass is 16.3. The number of hydrogen-bond acceptors (Lipinski definition) is 5. The Balaban J connectivity index is 1.64. The minimum absolute atomic E-state index is 0.0492. The number of hydrogen-bond donors (Lipinski definition) is 2. The lowest BCUT2D eigenvalue weighted by molar-refractivity contribution is -0.144. The van der Waals surface area contributed by atoms with E-state index in [0.717, 1.165) is 31.2 Å². The van der Waals surface area contributed by atoms with Crippen LogP contribution in [0.2, 0.25) is 0 Å². The zero-order chi connectivity index (χ0) is 16.8. The van der Waals surface area contributed by atoms with Crippen LogP contribution >= 0.6 is 0 Å². The van der Waals surface area contributed by atoms with Crippen LogP contribution in [-0.2, 0) is 9.59 Å². The summed E-state index contributed by atoms with van der Waals surface area (Å²) in [6.07, 6.45) is 5.23. The van der Waals surface area contributed by atoms with E-state index in [9.17, 15) is 14.7 Å². The highest BCUT2D eigenvalue weighted by molar-refractivity contribution is 6.08. The number of carbonyl (C=O) groups excluding carboxylic acids is 2. The standard InChI is InChI=1S/C18H23N3O3/c1-20-16-14(15(19-20)11-7-9-13(22)10-8-11)17(23)21(18(16)24)12-5-3-2-4-6-12/h7-10,12,14-16,19,22H,2-6H2,1H3/t14-,15+,16+/m1/s1. The Morgan fingerprint density at radius 1 is 1.04 bits per heavy atom. The first-order chi connectivity index (χ1) is 11.6. The van der Waals surface area contributed by atoms with Crippen LogP contribution in [0.25, 0.3) is 0 Å². The summed E-state index contributed by atoms with van der Waals surface area (Å²) < 4.78 is 0. The summed E-state index contributed by atoms with van der Waals surface area (Å²) in [4.78, 5) is 27.6. The highest BCUT2D eigenvalue weighted by Crippen LogP contribution is 2.41. The van der Waals surface area contributed by atoms with Gasteiger partial charge in [0.05, 0.1) is 12.0 Å². The van der Waals surface area contributed by atoms with Crippen molar-refractivity contribution in [2.75, 3.05) is 7.05 Å². The number of likely N-dealkylation sites (tertiary alicyclic amines) is 1. The predicted molar refractivity (Wildman–Crippen MR) is 87.8 cm³/mol. The molecule has 1 aromatic rings. The molecule has 0 aromatic heterocycles. The van der Waals surface area contributed by atoms with Crippen molar-refractivity contribution >= 4 is 11.8 Å². The number of hydrazine groups is 1. The maximum atomic E-state index is 13.1. The van der Waals surface area contributed by atoms with E-state index in [4.69, 9.17) is 0 Å². The van der Waals surface area contributed by atoms with Crippen molar-refractivity contribution in [2.45, 2.75) is 50.2 Å². The minimum atomic E-state index is -0.432. The number of phenols is 1. The van der Waals surface area contributed by atoms with E-state index in [-0.39, 0.29) is 29.6 Å². The van der Waals surface area contributed by atoms with Crippen LogP contribution in [0.5, 0.6) is 5.75 Å². The molecule has 3 atom stereocenters. The number of rotatable bonds is 2. The number of likely N-dealkylation sites (N-methyl/N-ethyl adjacent to an activating group) is 1. The molecule has 0 bridgehead atoms. The lowest BCUT2D eigenvalue weighted by Crippen LogP contribution is -2.47. The number of fused-ring (bicyclic) bond motifs is 1. The Labute approximate surface area is 141 Å². The molecule has 6 nitrogen and oxygen atoms in total. The molecular weight excluding hydrogens is 306 g/mol. The summed E-state index contributed by atoms with van der Waals surface area (Å²) in [7, 11) is 1.83. The van der Waals surface area contributed by atoms with Crippen LogP contribution in [0.15, 0.2) is 24.3 Å². The molecule has 0 radical (unpaired) electrons. The fourth-order valence-corrected chi connectivity index (χ4v) is 4.47. The van der Waals surface area contributed by atoms with E-state index in [2.05, 4.69) is 5.43 Å². The second kappa shape index (κ2) is 5.86. The van der Waals surface area contributed by atoms with E-state index in [1.807, 2.05) is 19.2 Å². The molecular formula is C18H23N3O3. The summed E-state index contributed by atoms with van der Waals surface area (Å²) in [6, 6.07) is 6.26. The zero-order valence-corrected chi connectivity index (χ0v) is 13.8. The van der Waals surface area contributed by atoms with E-state index in [1.165, 1.54) is 6.42 Å². The van der Waals surface area contributed by atoms with Gasteiger partial charge in [-0.2, -0.15) is 0 Å². The molecule has 2 amide bonds. The first kappa shape index (κ1) is 15.6. The fourth-order valence-electron chi connectivity index (χ4n) is 4.47. The Morgan fingerprint density at radius 2 is 1.71 bits per heavy atom. The largest absolute Gasteiger partial charge is 0.508 e. The first-order valence-electron chi connectivity index (χ1n) is 8.73. The lowest BCUT2D eigenvalue weighted by Gasteiger charge is -2.31. The maximum absolute atomic E-state index is 13.1. The number of phenolic OH excluding ortho intramolecular Hbond substituents is 1. The molecule has 24 heavy (non-hydrogen) atoms. The topological polar surface area (TPSA) is 72.9 Å².